The van der Waals surface area contributed by atoms with Crippen LogP contribution in [-0.2, 0) is 6.54 Å². The van der Waals surface area contributed by atoms with Gasteiger partial charge in [-0.15, -0.1) is 0 Å². The highest BCUT2D eigenvalue weighted by atomic mass is 19.2. The number of rotatable bonds is 6. The Kier molecular flexibility index (Phi) is 6.99. The molecular weight excluding hydrogens is 429 g/mol. The Bertz CT molecular complexity index is 1090. The Morgan fingerprint density at radius 2 is 1.70 bits per heavy atom. The second-order valence-electron chi connectivity index (χ2n) is 8.13. The van der Waals surface area contributed by atoms with Crippen LogP contribution in [0.2, 0.25) is 0 Å². The molecule has 2 unspecified atom stereocenters. The van der Waals surface area contributed by atoms with Crippen molar-refractivity contribution < 1.29 is 22.7 Å². The third-order valence-corrected chi connectivity index (χ3v) is 5.98. The molecule has 1 aliphatic heterocycles. The minimum Gasteiger partial charge on any atom is -0.410 e. The normalized spacial score (nSPS) is 18.3. The van der Waals surface area contributed by atoms with Crippen LogP contribution in [0.3, 0.4) is 0 Å². The number of carbonyl (C=O) groups is 1. The van der Waals surface area contributed by atoms with Crippen molar-refractivity contribution in [3.63, 3.8) is 0 Å². The molecule has 1 amide bonds. The third kappa shape index (κ3) is 5.37. The highest BCUT2D eigenvalue weighted by Gasteiger charge is 2.40. The zero-order valence-electron chi connectivity index (χ0n) is 18.3. The van der Waals surface area contributed by atoms with Gasteiger partial charge in [0, 0.05) is 32.1 Å². The summed E-state index contributed by atoms with van der Waals surface area (Å²) < 4.78 is 46.3. The van der Waals surface area contributed by atoms with E-state index in [-0.39, 0.29) is 17.7 Å². The van der Waals surface area contributed by atoms with E-state index in [0.717, 1.165) is 11.6 Å². The second kappa shape index (κ2) is 10.1. The Morgan fingerprint density at radius 3 is 2.36 bits per heavy atom. The van der Waals surface area contributed by atoms with Crippen molar-refractivity contribution in [2.75, 3.05) is 19.6 Å². The fourth-order valence-electron chi connectivity index (χ4n) is 4.38. The van der Waals surface area contributed by atoms with Crippen molar-refractivity contribution in [1.29, 1.82) is 0 Å². The summed E-state index contributed by atoms with van der Waals surface area (Å²) in [5, 5.41) is 0. The van der Waals surface area contributed by atoms with Crippen LogP contribution in [0, 0.1) is 17.5 Å². The highest BCUT2D eigenvalue weighted by Crippen LogP contribution is 2.33. The zero-order valence-corrected chi connectivity index (χ0v) is 18.3. The lowest BCUT2D eigenvalue weighted by atomic mass is 9.93. The second-order valence-corrected chi connectivity index (χ2v) is 8.13. The van der Waals surface area contributed by atoms with Crippen LogP contribution in [0.1, 0.15) is 24.0 Å². The molecule has 0 aromatic heterocycles. The Balaban J connectivity index is 1.59. The van der Waals surface area contributed by atoms with Gasteiger partial charge >= 0.3 is 6.09 Å². The van der Waals surface area contributed by atoms with Crippen LogP contribution in [0.4, 0.5) is 18.0 Å². The van der Waals surface area contributed by atoms with Gasteiger partial charge in [-0.05, 0) is 54.4 Å². The number of hydrogen-bond donors (Lipinski definition) is 0. The van der Waals surface area contributed by atoms with E-state index in [1.165, 1.54) is 30.3 Å². The first-order valence-electron chi connectivity index (χ1n) is 10.9. The fraction of sp³-hybridized carbons (Fsp3) is 0.269. The van der Waals surface area contributed by atoms with Crippen LogP contribution in [-0.4, -0.2) is 41.6 Å². The molecule has 1 fully saturated rings. The summed E-state index contributed by atoms with van der Waals surface area (Å²) in [5.74, 6) is -2.23. The van der Waals surface area contributed by atoms with E-state index in [0.29, 0.717) is 31.7 Å². The lowest BCUT2D eigenvalue weighted by Gasteiger charge is -2.31. The Morgan fingerprint density at radius 1 is 0.970 bits per heavy atom. The summed E-state index contributed by atoms with van der Waals surface area (Å²) >= 11 is 0. The number of benzene rings is 3. The molecule has 0 spiro atoms. The summed E-state index contributed by atoms with van der Waals surface area (Å²) in [6.07, 6.45) is -0.566. The van der Waals surface area contributed by atoms with Crippen LogP contribution in [0.15, 0.2) is 72.8 Å². The fourth-order valence-corrected chi connectivity index (χ4v) is 4.38. The molecular formula is C26H25F3N2O2. The monoisotopic (exact) mass is 454 g/mol. The largest absolute Gasteiger partial charge is 0.415 e. The summed E-state index contributed by atoms with van der Waals surface area (Å²) in [4.78, 5) is 16.8. The predicted octanol–water partition coefficient (Wildman–Crippen LogP) is 5.59. The van der Waals surface area contributed by atoms with E-state index in [9.17, 15) is 18.0 Å². The van der Waals surface area contributed by atoms with Gasteiger partial charge in [0.2, 0.25) is 0 Å². The Hall–Kier alpha value is -3.32. The zero-order chi connectivity index (χ0) is 23.4. The summed E-state index contributed by atoms with van der Waals surface area (Å²) in [5.41, 5.74) is 1.75. The van der Waals surface area contributed by atoms with Crippen molar-refractivity contribution in [2.24, 2.45) is 0 Å². The number of likely N-dealkylation sites (N-methyl/N-ethyl adjacent to an activating group) is 1. The minimum atomic E-state index is -0.912. The number of ether oxygens (including phenoxy) is 1. The van der Waals surface area contributed by atoms with E-state index in [1.54, 1.807) is 11.0 Å². The number of halogens is 3. The Labute approximate surface area is 191 Å². The van der Waals surface area contributed by atoms with Crippen molar-refractivity contribution in [2.45, 2.75) is 25.4 Å². The van der Waals surface area contributed by atoms with E-state index < -0.39 is 23.5 Å². The number of hydrogen-bond acceptors (Lipinski definition) is 3. The summed E-state index contributed by atoms with van der Waals surface area (Å²) in [6.45, 7) is 4.00. The number of nitrogens with zero attached hydrogens (tertiary/aromatic N) is 2. The molecule has 1 aliphatic rings. The SMILES string of the molecule is CCN(C(=O)Oc1ccc(F)cc1)C1CN(Cc2ccccc2)CC1c1ccc(F)c(F)c1. The molecule has 1 saturated heterocycles. The molecule has 0 aliphatic carbocycles. The lowest BCUT2D eigenvalue weighted by molar-refractivity contribution is 0.131. The van der Waals surface area contributed by atoms with E-state index >= 15 is 0 Å². The van der Waals surface area contributed by atoms with Gasteiger partial charge in [0.05, 0.1) is 6.04 Å². The first-order valence-corrected chi connectivity index (χ1v) is 10.9. The maximum Gasteiger partial charge on any atom is 0.415 e. The molecule has 2 atom stereocenters. The molecule has 4 nitrogen and oxygen atoms in total. The van der Waals surface area contributed by atoms with E-state index in [2.05, 4.69) is 4.90 Å². The number of carbonyl (C=O) groups excluding carboxylic acids is 1. The van der Waals surface area contributed by atoms with Crippen LogP contribution in [0.25, 0.3) is 0 Å². The van der Waals surface area contributed by atoms with Crippen molar-refractivity contribution >= 4 is 6.09 Å². The number of likely N-dealkylation sites (tertiary alicyclic amines) is 1. The predicted molar refractivity (Wildman–Crippen MR) is 119 cm³/mol. The third-order valence-electron chi connectivity index (χ3n) is 5.98. The molecule has 3 aromatic rings. The molecule has 0 bridgehead atoms. The van der Waals surface area contributed by atoms with Gasteiger partial charge < -0.3 is 9.64 Å². The molecule has 3 aromatic carbocycles. The molecule has 0 saturated carbocycles. The minimum absolute atomic E-state index is 0.232. The molecule has 33 heavy (non-hydrogen) atoms. The van der Waals surface area contributed by atoms with E-state index in [4.69, 9.17) is 4.74 Å². The lowest BCUT2D eigenvalue weighted by Crippen LogP contribution is -2.45. The standard InChI is InChI=1S/C26H25F3N2O2/c1-2-31(26(32)33-21-11-9-20(27)10-12-21)25-17-30(15-18-6-4-3-5-7-18)16-22(25)19-8-13-23(28)24(29)14-19/h3-14,22,25H,2,15-17H2,1H3. The summed E-state index contributed by atoms with van der Waals surface area (Å²) in [6, 6.07) is 18.8. The molecule has 0 radical (unpaired) electrons. The van der Waals surface area contributed by atoms with Crippen molar-refractivity contribution in [1.82, 2.24) is 9.80 Å². The van der Waals surface area contributed by atoms with Crippen LogP contribution >= 0.6 is 0 Å². The summed E-state index contributed by atoms with van der Waals surface area (Å²) in [7, 11) is 0. The molecule has 0 N–H and O–H groups in total. The van der Waals surface area contributed by atoms with Crippen molar-refractivity contribution in [3.05, 3.63) is 101 Å². The van der Waals surface area contributed by atoms with Gasteiger partial charge in [0.25, 0.3) is 0 Å². The average Bonchev–Trinajstić information content (AvgIpc) is 3.21. The molecule has 172 valence electrons. The van der Waals surface area contributed by atoms with Gasteiger partial charge in [-0.1, -0.05) is 36.4 Å². The average molecular weight is 454 g/mol. The molecule has 1 heterocycles. The topological polar surface area (TPSA) is 32.8 Å². The van der Waals surface area contributed by atoms with Crippen molar-refractivity contribution in [3.8, 4) is 5.75 Å². The van der Waals surface area contributed by atoms with E-state index in [1.807, 2.05) is 37.3 Å². The smallest absolute Gasteiger partial charge is 0.410 e. The van der Waals surface area contributed by atoms with Gasteiger partial charge in [0.1, 0.15) is 11.6 Å². The maximum atomic E-state index is 14.0. The van der Waals surface area contributed by atoms with Crippen LogP contribution in [0.5, 0.6) is 5.75 Å². The number of amides is 1. The first kappa shape index (κ1) is 22.9. The van der Waals surface area contributed by atoms with Gasteiger partial charge in [-0.3, -0.25) is 4.90 Å². The van der Waals surface area contributed by atoms with Gasteiger partial charge in [-0.25, -0.2) is 18.0 Å². The van der Waals surface area contributed by atoms with Crippen LogP contribution < -0.4 is 4.74 Å². The highest BCUT2D eigenvalue weighted by molar-refractivity contribution is 5.71. The quantitative estimate of drug-likeness (QED) is 0.487. The molecule has 4 rings (SSSR count). The van der Waals surface area contributed by atoms with Gasteiger partial charge in [0.15, 0.2) is 11.6 Å². The molecule has 7 heteroatoms. The van der Waals surface area contributed by atoms with Gasteiger partial charge in [-0.2, -0.15) is 0 Å². The first-order chi connectivity index (χ1) is 15.9. The maximum absolute atomic E-state index is 14.0.